The molecule has 12 unspecified atom stereocenters. The molecular weight excluding hydrogens is 1260 g/mol. The molecule has 0 aliphatic carbocycles. The maximum Gasteiger partial charge on any atom is 1.00 e. The first kappa shape index (κ1) is 80.5. The van der Waals surface area contributed by atoms with Crippen molar-refractivity contribution < 1.29 is 178 Å². The number of aliphatic imine (C=N–C) groups is 2. The molecule has 0 saturated carbocycles. The summed E-state index contributed by atoms with van der Waals surface area (Å²) < 4.78 is 22.8. The number of aliphatic hydroxyl groups is 8. The summed E-state index contributed by atoms with van der Waals surface area (Å²) in [4.78, 5) is 109. The second-order valence-electron chi connectivity index (χ2n) is 21.2. The number of ether oxygens (including phenoxy) is 2. The van der Waals surface area contributed by atoms with Crippen LogP contribution in [-0.2, 0) is 62.4 Å². The van der Waals surface area contributed by atoms with E-state index in [-0.39, 0.29) is 179 Å². The van der Waals surface area contributed by atoms with Gasteiger partial charge in [0.2, 0.25) is 11.8 Å². The van der Waals surface area contributed by atoms with E-state index in [0.29, 0.717) is 29.0 Å². The topological polar surface area (TPSA) is 563 Å². The van der Waals surface area contributed by atoms with E-state index in [1.807, 2.05) is 0 Å². The van der Waals surface area contributed by atoms with Crippen molar-refractivity contribution in [2.75, 3.05) is 26.3 Å². The number of aromatic nitrogens is 2. The molecule has 8 rings (SSSR count). The molecule has 2 amide bonds. The van der Waals surface area contributed by atoms with Gasteiger partial charge in [0.15, 0.2) is 10.9 Å². The number of carboxylic acid groups (broad SMARTS) is 2. The van der Waals surface area contributed by atoms with Gasteiger partial charge in [-0.1, -0.05) is 0 Å². The van der Waals surface area contributed by atoms with Crippen LogP contribution in [0.3, 0.4) is 0 Å². The SMILES string of the molecule is CC(=O)Cc1cc(=O)c2c(C)cc(O)c(C3OC(CO)C(O)C(O)C3O)c2o1.CC(Cc1cc(=O)c2c(C)cc(O)c(C3OC(CO)C(O)C(O)C3O)c2o1)=NCCC(=O)NC(Cc1cnc[nH]1)C(=O)[O-].NCCC(=O)NC(CC1=CN=CC1)C(=O)O.O=CO[O-].[Na+].[Na+]. The van der Waals surface area contributed by atoms with Crippen LogP contribution in [0.15, 0.2) is 77.0 Å². The van der Waals surface area contributed by atoms with Gasteiger partial charge in [0.1, 0.15) is 107 Å². The number of nitrogens with two attached hydrogens (primary N) is 1. The van der Waals surface area contributed by atoms with Crippen molar-refractivity contribution in [2.45, 2.75) is 146 Å². The molecule has 0 radical (unpaired) electrons. The molecule has 3 aliphatic heterocycles. The van der Waals surface area contributed by atoms with E-state index in [0.717, 1.165) is 5.57 Å². The molecule has 2 fully saturated rings. The molecule has 0 spiro atoms. The molecule has 35 heteroatoms. The predicted molar refractivity (Wildman–Crippen MR) is 309 cm³/mol. The fourth-order valence-corrected chi connectivity index (χ4v) is 9.91. The van der Waals surface area contributed by atoms with E-state index in [9.17, 15) is 89.7 Å². The van der Waals surface area contributed by atoms with E-state index in [1.165, 1.54) is 43.7 Å². The third-order valence-corrected chi connectivity index (χ3v) is 14.3. The number of benzene rings is 2. The van der Waals surface area contributed by atoms with Gasteiger partial charge in [-0.25, -0.2) is 9.78 Å². The zero-order valence-electron chi connectivity index (χ0n) is 51.4. The van der Waals surface area contributed by atoms with Crippen molar-refractivity contribution in [3.63, 3.8) is 0 Å². The summed E-state index contributed by atoms with van der Waals surface area (Å²) in [7, 11) is 0. The Labute approximate surface area is 572 Å². The number of ketones is 1. The molecule has 16 N–H and O–H groups in total. The molecule has 5 aromatic rings. The number of nitrogens with zero attached hydrogens (tertiary/aromatic N) is 3. The number of H-pyrrole nitrogens is 1. The number of fused-ring (bicyclic) bond motifs is 2. The van der Waals surface area contributed by atoms with Crippen molar-refractivity contribution in [3.05, 3.63) is 108 Å². The van der Waals surface area contributed by atoms with Gasteiger partial charge in [0.05, 0.1) is 59.9 Å². The van der Waals surface area contributed by atoms with E-state index in [4.69, 9.17) is 39.2 Å². The Hall–Kier alpha value is -6.71. The Bertz CT molecular complexity index is 3600. The number of nitrogens with one attached hydrogen (secondary N) is 3. The Morgan fingerprint density at radius 2 is 1.25 bits per heavy atom. The fourth-order valence-electron chi connectivity index (χ4n) is 9.91. The Morgan fingerprint density at radius 3 is 1.66 bits per heavy atom. The van der Waals surface area contributed by atoms with Crippen LogP contribution in [0.5, 0.6) is 11.5 Å². The van der Waals surface area contributed by atoms with Crippen LogP contribution in [0.25, 0.3) is 21.9 Å². The second-order valence-corrected chi connectivity index (χ2v) is 21.2. The van der Waals surface area contributed by atoms with E-state index in [2.05, 4.69) is 35.5 Å². The monoisotopic (exact) mass is 1330 g/mol. The number of amides is 2. The summed E-state index contributed by atoms with van der Waals surface area (Å²) in [6.45, 7) is 4.83. The van der Waals surface area contributed by atoms with E-state index in [1.54, 1.807) is 33.2 Å². The molecule has 6 heterocycles. The standard InChI is InChI=1S/C28H34N4O11.C19H22O9.C10H15N3O3.CH2O3.2Na/c1-12-5-17(34)22(27-25(39)24(38)23(37)19(10-33)43-27)26-21(12)18(35)8-15(42-26)6-13(2)30-4-3-20(36)32-16(28(40)41)7-14-9-29-11-31-14;1-7-3-10(22)14(19-17(26)16(25)15(24)12(6-20)28-19)18-13(7)11(23)5-9(27-18)4-8(2)21;11-3-1-9(14)13-8(10(15)16)5-7-2-4-12-6-7;2-1-4-3;;/h5,8-9,11,16,19,23-25,27,33-34,37-39H,3-4,6-7,10H2,1-2H3,(H,29,31)(H,32,36)(H,40,41);3,5,12,15-17,19-20,22,24-26H,4,6H2,1-2H3;4,6,8H,1-3,5,11H2,(H,13,14)(H,15,16);1,3H;;/q;;;;2*+1/p-2. The maximum absolute atomic E-state index is 13.1. The number of aliphatic hydroxyl groups excluding tert-OH is 8. The number of Topliss-reactive ketones (excluding diaryl/α,β-unsaturated/α-hetero) is 1. The van der Waals surface area contributed by atoms with Crippen LogP contribution in [0.1, 0.15) is 91.2 Å². The number of aromatic amines is 1. The van der Waals surface area contributed by atoms with Crippen molar-refractivity contribution >= 4 is 69.9 Å². The van der Waals surface area contributed by atoms with E-state index >= 15 is 0 Å². The van der Waals surface area contributed by atoms with Crippen LogP contribution in [0.2, 0.25) is 0 Å². The molecule has 2 aromatic carbocycles. The molecule has 3 aromatic heterocycles. The van der Waals surface area contributed by atoms with E-state index < -0.39 is 121 Å². The molecular formula is C58H71N7Na2O26. The normalized spacial score (nSPS) is 22.1. The van der Waals surface area contributed by atoms with Crippen molar-refractivity contribution in [1.29, 1.82) is 0 Å². The maximum atomic E-state index is 13.1. The van der Waals surface area contributed by atoms with Crippen LogP contribution in [0.4, 0.5) is 0 Å². The number of imidazole rings is 1. The summed E-state index contributed by atoms with van der Waals surface area (Å²) in [5.41, 5.74) is 6.51. The number of phenols is 2. The molecule has 33 nitrogen and oxygen atoms in total. The van der Waals surface area contributed by atoms with Crippen molar-refractivity contribution in [1.82, 2.24) is 20.6 Å². The smallest absolute Gasteiger partial charge is 0.662 e. The molecule has 12 atom stereocenters. The molecule has 2 saturated heterocycles. The minimum atomic E-state index is -1.73. The van der Waals surface area contributed by atoms with Crippen LogP contribution in [0, 0.1) is 13.8 Å². The third-order valence-electron chi connectivity index (χ3n) is 14.3. The van der Waals surface area contributed by atoms with Gasteiger partial charge in [0.25, 0.3) is 6.47 Å². The minimum Gasteiger partial charge on any atom is -0.662 e. The summed E-state index contributed by atoms with van der Waals surface area (Å²) in [6.07, 6.45) is -8.33. The number of rotatable bonds is 22. The molecule has 3 aliphatic rings. The molecule has 93 heavy (non-hydrogen) atoms. The van der Waals surface area contributed by atoms with Crippen LogP contribution < -0.4 is 96.7 Å². The summed E-state index contributed by atoms with van der Waals surface area (Å²) in [6, 6.07) is 2.85. The first-order chi connectivity index (χ1) is 43.1. The fraction of sp³-hybridized carbons (Fsp3) is 0.466. The average molecular weight is 1330 g/mol. The second kappa shape index (κ2) is 38.0. The zero-order valence-corrected chi connectivity index (χ0v) is 55.4. The summed E-state index contributed by atoms with van der Waals surface area (Å²) in [5, 5.41) is 136. The Kier molecular flexibility index (Phi) is 32.9. The zero-order chi connectivity index (χ0) is 67.6. The first-order valence-corrected chi connectivity index (χ1v) is 27.9. The number of phenolic OH excluding ortho intramolecular Hbond substituents is 2. The van der Waals surface area contributed by atoms with Crippen molar-refractivity contribution in [3.8, 4) is 11.5 Å². The number of hydrogen-bond acceptors (Lipinski definition) is 29. The van der Waals surface area contributed by atoms with Gasteiger partial charge in [-0.3, -0.25) is 38.8 Å². The van der Waals surface area contributed by atoms with Crippen LogP contribution >= 0.6 is 0 Å². The molecule has 0 bridgehead atoms. The quantitative estimate of drug-likeness (QED) is 0.0101. The van der Waals surface area contributed by atoms with Gasteiger partial charge in [-0.05, 0) is 56.5 Å². The van der Waals surface area contributed by atoms with Crippen LogP contribution in [-0.4, -0.2) is 201 Å². The number of hydrogen-bond donors (Lipinski definition) is 15. The average Bonchev–Trinajstić information content (AvgIpc) is 1.09. The van der Waals surface area contributed by atoms with Crippen molar-refractivity contribution in [2.24, 2.45) is 15.7 Å². The Balaban J connectivity index is 0.000000385. The minimum absolute atomic E-state index is 0. The number of aromatic hydroxyl groups is 2. The molecule has 496 valence electrons. The summed E-state index contributed by atoms with van der Waals surface area (Å²) in [5.74, 6) is -4.18. The Morgan fingerprint density at radius 1 is 0.763 bits per heavy atom. The number of carbonyl (C=O) groups is 6. The first-order valence-electron chi connectivity index (χ1n) is 27.9. The van der Waals surface area contributed by atoms with Gasteiger partial charge in [-0.15, -0.1) is 0 Å². The number of carboxylic acids is 2. The summed E-state index contributed by atoms with van der Waals surface area (Å²) >= 11 is 0. The number of aliphatic carboxylic acids is 2. The largest absolute Gasteiger partial charge is 1.00 e. The van der Waals surface area contributed by atoms with Gasteiger partial charge in [0, 0.05) is 93.8 Å². The number of aryl methyl sites for hydroxylation is 2. The van der Waals surface area contributed by atoms with Gasteiger partial charge < -0.3 is 116 Å². The van der Waals surface area contributed by atoms with Gasteiger partial charge in [-0.2, -0.15) is 0 Å². The van der Waals surface area contributed by atoms with Gasteiger partial charge >= 0.3 is 65.1 Å². The predicted octanol–water partition coefficient (Wildman–Crippen LogP) is -10.5. The number of carbonyl (C=O) groups excluding carboxylic acids is 5. The third kappa shape index (κ3) is 21.7.